The number of nitrogens with one attached hydrogen (secondary N) is 1. The molecule has 1 aromatic rings. The lowest BCUT2D eigenvalue weighted by atomic mass is 10.3. The van der Waals surface area contributed by atoms with Crippen molar-refractivity contribution in [2.45, 2.75) is 17.4 Å². The maximum absolute atomic E-state index is 12.0. The van der Waals surface area contributed by atoms with E-state index in [0.717, 1.165) is 6.07 Å². The normalized spacial score (nSPS) is 13.8. The first-order valence-corrected chi connectivity index (χ1v) is 6.61. The summed E-state index contributed by atoms with van der Waals surface area (Å²) in [4.78, 5) is -0.217. The third-order valence-corrected chi connectivity index (χ3v) is 3.82. The average Bonchev–Trinajstić information content (AvgIpc) is 2.29. The van der Waals surface area contributed by atoms with Gasteiger partial charge >= 0.3 is 0 Å². The third kappa shape index (κ3) is 3.77. The predicted molar refractivity (Wildman–Crippen MR) is 63.1 cm³/mol. The van der Waals surface area contributed by atoms with E-state index in [4.69, 9.17) is 22.4 Å². The van der Waals surface area contributed by atoms with E-state index in [1.54, 1.807) is 0 Å². The summed E-state index contributed by atoms with van der Waals surface area (Å²) >= 11 is 5.62. The lowest BCUT2D eigenvalue weighted by Gasteiger charge is -2.11. The fourth-order valence-corrected chi connectivity index (χ4v) is 2.26. The average molecular weight is 301 g/mol. The number of nitrogen functional groups attached to an aromatic ring is 1. The molecule has 9 heteroatoms. The van der Waals surface area contributed by atoms with Crippen molar-refractivity contribution in [3.8, 4) is 0 Å². The topological polar surface area (TPSA) is 92.4 Å². The standard InChI is InChI=1S/C9H11ClF2N2O3S/c10-6-2-1-5(3-7(6)13)18(16,17)14-4-8(15)9(11)12/h1-3,8-9,14-15H,4,13H2. The molecule has 0 aliphatic heterocycles. The smallest absolute Gasteiger partial charge is 0.265 e. The molecule has 0 amide bonds. The number of nitrogens with two attached hydrogens (primary N) is 1. The highest BCUT2D eigenvalue weighted by molar-refractivity contribution is 7.89. The highest BCUT2D eigenvalue weighted by atomic mass is 35.5. The Morgan fingerprint density at radius 2 is 2.06 bits per heavy atom. The molecular formula is C9H11ClF2N2O3S. The van der Waals surface area contributed by atoms with Gasteiger partial charge in [-0.2, -0.15) is 0 Å². The van der Waals surface area contributed by atoms with E-state index in [9.17, 15) is 17.2 Å². The Hall–Kier alpha value is -0.960. The van der Waals surface area contributed by atoms with Crippen molar-refractivity contribution in [2.24, 2.45) is 0 Å². The van der Waals surface area contributed by atoms with Crippen LogP contribution in [0.1, 0.15) is 0 Å². The summed E-state index contributed by atoms with van der Waals surface area (Å²) in [7, 11) is -4.01. The zero-order chi connectivity index (χ0) is 13.9. The molecule has 0 radical (unpaired) electrons. The molecule has 0 saturated carbocycles. The Labute approximate surface area is 108 Å². The van der Waals surface area contributed by atoms with Gasteiger partial charge in [0.05, 0.1) is 15.6 Å². The van der Waals surface area contributed by atoms with Gasteiger partial charge in [0.1, 0.15) is 6.10 Å². The van der Waals surface area contributed by atoms with Crippen molar-refractivity contribution in [2.75, 3.05) is 12.3 Å². The molecule has 4 N–H and O–H groups in total. The lowest BCUT2D eigenvalue weighted by Crippen LogP contribution is -2.35. The number of alkyl halides is 2. The maximum atomic E-state index is 12.0. The fraction of sp³-hybridized carbons (Fsp3) is 0.333. The van der Waals surface area contributed by atoms with Crippen molar-refractivity contribution in [3.63, 3.8) is 0 Å². The fourth-order valence-electron chi connectivity index (χ4n) is 1.06. The summed E-state index contributed by atoms with van der Waals surface area (Å²) in [6.45, 7) is -0.789. The quantitative estimate of drug-likeness (QED) is 0.702. The summed E-state index contributed by atoms with van der Waals surface area (Å²) in [5.74, 6) is 0. The zero-order valence-electron chi connectivity index (χ0n) is 8.98. The van der Waals surface area contributed by atoms with Crippen molar-refractivity contribution < 1.29 is 22.3 Å². The lowest BCUT2D eigenvalue weighted by molar-refractivity contribution is -0.000451. The number of benzene rings is 1. The second kappa shape index (κ2) is 5.79. The van der Waals surface area contributed by atoms with E-state index in [1.807, 2.05) is 4.72 Å². The zero-order valence-corrected chi connectivity index (χ0v) is 10.5. The number of hydrogen-bond acceptors (Lipinski definition) is 4. The molecular weight excluding hydrogens is 290 g/mol. The largest absolute Gasteiger partial charge is 0.397 e. The number of rotatable bonds is 5. The van der Waals surface area contributed by atoms with Crippen LogP contribution in [0.2, 0.25) is 5.02 Å². The van der Waals surface area contributed by atoms with Crippen molar-refractivity contribution in [3.05, 3.63) is 23.2 Å². The molecule has 1 unspecified atom stereocenters. The van der Waals surface area contributed by atoms with Crippen LogP contribution in [0.3, 0.4) is 0 Å². The van der Waals surface area contributed by atoms with Crippen LogP contribution in [0.15, 0.2) is 23.1 Å². The molecule has 5 nitrogen and oxygen atoms in total. The van der Waals surface area contributed by atoms with Crippen LogP contribution in [-0.4, -0.2) is 32.6 Å². The monoisotopic (exact) mass is 300 g/mol. The van der Waals surface area contributed by atoms with Gasteiger partial charge in [0.25, 0.3) is 6.43 Å². The molecule has 18 heavy (non-hydrogen) atoms. The summed E-state index contributed by atoms with van der Waals surface area (Å²) < 4.78 is 49.2. The second-order valence-electron chi connectivity index (χ2n) is 3.44. The second-order valence-corrected chi connectivity index (χ2v) is 5.61. The van der Waals surface area contributed by atoms with Gasteiger partial charge in [-0.15, -0.1) is 0 Å². The Balaban J connectivity index is 2.83. The van der Waals surface area contributed by atoms with Gasteiger partial charge in [-0.1, -0.05) is 11.6 Å². The van der Waals surface area contributed by atoms with Gasteiger partial charge in [-0.25, -0.2) is 21.9 Å². The van der Waals surface area contributed by atoms with E-state index in [1.165, 1.54) is 12.1 Å². The van der Waals surface area contributed by atoms with Crippen LogP contribution >= 0.6 is 11.6 Å². The Morgan fingerprint density at radius 3 is 2.56 bits per heavy atom. The minimum Gasteiger partial charge on any atom is -0.397 e. The van der Waals surface area contributed by atoms with Crippen LogP contribution in [0.25, 0.3) is 0 Å². The molecule has 0 bridgehead atoms. The number of anilines is 1. The Morgan fingerprint density at radius 1 is 1.44 bits per heavy atom. The van der Waals surface area contributed by atoms with Crippen molar-refractivity contribution in [1.29, 1.82) is 0 Å². The van der Waals surface area contributed by atoms with E-state index < -0.39 is 29.1 Å². The summed E-state index contributed by atoms with van der Waals surface area (Å²) in [5.41, 5.74) is 5.48. The molecule has 0 heterocycles. The summed E-state index contributed by atoms with van der Waals surface area (Å²) in [6, 6.07) is 3.55. The summed E-state index contributed by atoms with van der Waals surface area (Å²) in [6.07, 6.45) is -5.09. The van der Waals surface area contributed by atoms with Gasteiger partial charge < -0.3 is 10.8 Å². The van der Waals surface area contributed by atoms with Crippen LogP contribution < -0.4 is 10.5 Å². The molecule has 1 atom stereocenters. The number of aliphatic hydroxyl groups excluding tert-OH is 1. The first-order valence-electron chi connectivity index (χ1n) is 4.75. The van der Waals surface area contributed by atoms with Gasteiger partial charge in [0.15, 0.2) is 0 Å². The van der Waals surface area contributed by atoms with Crippen LogP contribution in [-0.2, 0) is 10.0 Å². The molecule has 102 valence electrons. The molecule has 0 aromatic heterocycles. The molecule has 0 spiro atoms. The molecule has 0 fully saturated rings. The first-order chi connectivity index (χ1) is 8.24. The highest BCUT2D eigenvalue weighted by Gasteiger charge is 2.21. The number of hydrogen-bond donors (Lipinski definition) is 3. The minimum absolute atomic E-state index is 0.0500. The molecule has 1 rings (SSSR count). The molecule has 1 aromatic carbocycles. The SMILES string of the molecule is Nc1cc(S(=O)(=O)NCC(O)C(F)F)ccc1Cl. The van der Waals surface area contributed by atoms with Gasteiger partial charge in [-0.3, -0.25) is 0 Å². The molecule has 0 aliphatic carbocycles. The maximum Gasteiger partial charge on any atom is 0.265 e. The van der Waals surface area contributed by atoms with Crippen LogP contribution in [0.5, 0.6) is 0 Å². The van der Waals surface area contributed by atoms with Crippen molar-refractivity contribution >= 4 is 27.3 Å². The van der Waals surface area contributed by atoms with E-state index in [2.05, 4.69) is 0 Å². The first kappa shape index (κ1) is 15.1. The highest BCUT2D eigenvalue weighted by Crippen LogP contribution is 2.22. The molecule has 0 saturated heterocycles. The number of sulfonamides is 1. The predicted octanol–water partition coefficient (Wildman–Crippen LogP) is 0.827. The summed E-state index contributed by atoms with van der Waals surface area (Å²) in [5, 5.41) is 8.99. The van der Waals surface area contributed by atoms with Gasteiger partial charge in [0.2, 0.25) is 10.0 Å². The van der Waals surface area contributed by atoms with E-state index in [-0.39, 0.29) is 15.6 Å². The Bertz CT molecular complexity index is 525. The Kier molecular flexibility index (Phi) is 4.85. The number of aliphatic hydroxyl groups is 1. The minimum atomic E-state index is -4.01. The van der Waals surface area contributed by atoms with Gasteiger partial charge in [-0.05, 0) is 18.2 Å². The van der Waals surface area contributed by atoms with Crippen LogP contribution in [0, 0.1) is 0 Å². The number of halogens is 3. The van der Waals surface area contributed by atoms with E-state index in [0.29, 0.717) is 0 Å². The third-order valence-electron chi connectivity index (χ3n) is 2.05. The van der Waals surface area contributed by atoms with Crippen LogP contribution in [0.4, 0.5) is 14.5 Å². The van der Waals surface area contributed by atoms with Gasteiger partial charge in [0, 0.05) is 6.54 Å². The van der Waals surface area contributed by atoms with Crippen molar-refractivity contribution in [1.82, 2.24) is 4.72 Å². The van der Waals surface area contributed by atoms with E-state index >= 15 is 0 Å². The molecule has 0 aliphatic rings.